The molecule has 31 heavy (non-hydrogen) atoms. The molecule has 2 N–H and O–H groups in total. The fourth-order valence-corrected chi connectivity index (χ4v) is 3.63. The van der Waals surface area contributed by atoms with Crippen LogP contribution in [0, 0.1) is 0 Å². The van der Waals surface area contributed by atoms with Gasteiger partial charge in [-0.1, -0.05) is 23.7 Å². The van der Waals surface area contributed by atoms with Crippen molar-refractivity contribution >= 4 is 41.5 Å². The highest BCUT2D eigenvalue weighted by atomic mass is 127. The largest absolute Gasteiger partial charge is 0.382 e. The predicted molar refractivity (Wildman–Crippen MR) is 138 cm³/mol. The number of rotatable bonds is 11. The van der Waals surface area contributed by atoms with E-state index in [9.17, 15) is 0 Å². The summed E-state index contributed by atoms with van der Waals surface area (Å²) in [5, 5.41) is 7.59. The Balaban J connectivity index is 0.00000480. The lowest BCUT2D eigenvalue weighted by atomic mass is 10.0. The topological polar surface area (TPSA) is 67.4 Å². The Kier molecular flexibility index (Phi) is 13.9. The molecule has 7 nitrogen and oxygen atoms in total. The maximum Gasteiger partial charge on any atom is 0.191 e. The van der Waals surface area contributed by atoms with E-state index in [0.29, 0.717) is 19.8 Å². The first-order chi connectivity index (χ1) is 14.4. The van der Waals surface area contributed by atoms with E-state index >= 15 is 0 Å². The van der Waals surface area contributed by atoms with Crippen molar-refractivity contribution in [2.75, 3.05) is 66.8 Å². The van der Waals surface area contributed by atoms with Crippen molar-refractivity contribution in [3.8, 4) is 0 Å². The number of ether oxygens (including phenoxy) is 3. The standard InChI is InChI=1S/C22H37ClN4O3.HI/c1-22(2)17-27(11-13-30-22)20(18-6-8-19(23)9-7-18)16-26-21(24-3)25-10-5-12-29-15-14-28-4;/h6-9,20H,5,10-17H2,1-4H3,(H2,24,25,26);1H. The third-order valence-corrected chi connectivity index (χ3v) is 5.28. The molecule has 9 heteroatoms. The number of hydrogen-bond acceptors (Lipinski definition) is 5. The molecule has 0 spiro atoms. The predicted octanol–water partition coefficient (Wildman–Crippen LogP) is 3.33. The second-order valence-corrected chi connectivity index (χ2v) is 8.42. The summed E-state index contributed by atoms with van der Waals surface area (Å²) in [7, 11) is 3.47. The molecule has 2 rings (SSSR count). The van der Waals surface area contributed by atoms with Crippen LogP contribution in [0.15, 0.2) is 29.3 Å². The van der Waals surface area contributed by atoms with Crippen LogP contribution in [0.3, 0.4) is 0 Å². The Labute approximate surface area is 209 Å². The van der Waals surface area contributed by atoms with Crippen molar-refractivity contribution in [3.63, 3.8) is 0 Å². The average Bonchev–Trinajstić information content (AvgIpc) is 2.72. The van der Waals surface area contributed by atoms with Crippen molar-refractivity contribution in [2.24, 2.45) is 4.99 Å². The minimum absolute atomic E-state index is 0. The van der Waals surface area contributed by atoms with Crippen LogP contribution in [-0.2, 0) is 14.2 Å². The number of guanidine groups is 1. The molecule has 1 heterocycles. The van der Waals surface area contributed by atoms with Crippen molar-refractivity contribution in [1.29, 1.82) is 0 Å². The zero-order chi connectivity index (χ0) is 21.8. The van der Waals surface area contributed by atoms with Gasteiger partial charge in [0.1, 0.15) is 0 Å². The summed E-state index contributed by atoms with van der Waals surface area (Å²) in [5.74, 6) is 0.790. The zero-order valence-corrected chi connectivity index (χ0v) is 22.2. The van der Waals surface area contributed by atoms with Gasteiger partial charge in [0.15, 0.2) is 5.96 Å². The van der Waals surface area contributed by atoms with Gasteiger partial charge in [0.25, 0.3) is 0 Å². The van der Waals surface area contributed by atoms with Gasteiger partial charge in [-0.25, -0.2) is 0 Å². The number of nitrogens with zero attached hydrogens (tertiary/aromatic N) is 2. The normalized spacial score (nSPS) is 17.6. The van der Waals surface area contributed by atoms with Crippen LogP contribution < -0.4 is 10.6 Å². The highest BCUT2D eigenvalue weighted by Crippen LogP contribution is 2.27. The number of hydrogen-bond donors (Lipinski definition) is 2. The molecule has 1 saturated heterocycles. The van der Waals surface area contributed by atoms with Crippen LogP contribution in [0.4, 0.5) is 0 Å². The van der Waals surface area contributed by atoms with E-state index in [4.69, 9.17) is 25.8 Å². The number of aliphatic imine (C=N–C) groups is 1. The van der Waals surface area contributed by atoms with E-state index in [2.05, 4.69) is 46.5 Å². The molecule has 0 bridgehead atoms. The summed E-state index contributed by atoms with van der Waals surface area (Å²) < 4.78 is 16.4. The Morgan fingerprint density at radius 1 is 1.23 bits per heavy atom. The lowest BCUT2D eigenvalue weighted by Gasteiger charge is -2.42. The number of halogens is 2. The molecule has 0 aromatic heterocycles. The molecule has 0 saturated carbocycles. The number of morpholine rings is 1. The Hall–Kier alpha value is -0.650. The molecule has 0 radical (unpaired) electrons. The van der Waals surface area contributed by atoms with Crippen LogP contribution in [0.2, 0.25) is 5.02 Å². The van der Waals surface area contributed by atoms with Crippen molar-refractivity contribution in [2.45, 2.75) is 31.9 Å². The monoisotopic (exact) mass is 568 g/mol. The SMILES string of the molecule is CN=C(NCCCOCCOC)NCC(c1ccc(Cl)cc1)N1CCOC(C)(C)C1.I. The summed E-state index contributed by atoms with van der Waals surface area (Å²) in [4.78, 5) is 6.83. The van der Waals surface area contributed by atoms with Gasteiger partial charge < -0.3 is 24.8 Å². The van der Waals surface area contributed by atoms with Gasteiger partial charge in [-0.05, 0) is 38.0 Å². The minimum atomic E-state index is -0.161. The van der Waals surface area contributed by atoms with E-state index in [-0.39, 0.29) is 35.6 Å². The second-order valence-electron chi connectivity index (χ2n) is 7.98. The fraction of sp³-hybridized carbons (Fsp3) is 0.682. The Morgan fingerprint density at radius 3 is 2.61 bits per heavy atom. The summed E-state index contributed by atoms with van der Waals surface area (Å²) >= 11 is 6.11. The van der Waals surface area contributed by atoms with Crippen LogP contribution in [0.25, 0.3) is 0 Å². The maximum absolute atomic E-state index is 6.11. The number of methoxy groups -OCH3 is 1. The Morgan fingerprint density at radius 2 is 1.97 bits per heavy atom. The molecule has 0 aliphatic carbocycles. The van der Waals surface area contributed by atoms with Crippen molar-refractivity contribution in [1.82, 2.24) is 15.5 Å². The van der Waals surface area contributed by atoms with Crippen LogP contribution >= 0.6 is 35.6 Å². The molecule has 1 fully saturated rings. The molecular formula is C22H38ClIN4O3. The molecule has 1 unspecified atom stereocenters. The van der Waals surface area contributed by atoms with E-state index < -0.39 is 0 Å². The van der Waals surface area contributed by atoms with Crippen LogP contribution in [-0.4, -0.2) is 83.2 Å². The van der Waals surface area contributed by atoms with E-state index in [0.717, 1.165) is 50.2 Å². The van der Waals surface area contributed by atoms with Gasteiger partial charge in [0.2, 0.25) is 0 Å². The van der Waals surface area contributed by atoms with Gasteiger partial charge in [-0.3, -0.25) is 9.89 Å². The molecule has 178 valence electrons. The first-order valence-corrected chi connectivity index (χ1v) is 11.0. The molecule has 1 atom stereocenters. The van der Waals surface area contributed by atoms with Crippen molar-refractivity contribution in [3.05, 3.63) is 34.9 Å². The van der Waals surface area contributed by atoms with Gasteiger partial charge in [0.05, 0.1) is 31.5 Å². The fourth-order valence-electron chi connectivity index (χ4n) is 3.50. The van der Waals surface area contributed by atoms with Crippen LogP contribution in [0.1, 0.15) is 31.9 Å². The van der Waals surface area contributed by atoms with Gasteiger partial charge in [-0.2, -0.15) is 0 Å². The first-order valence-electron chi connectivity index (χ1n) is 10.6. The Bertz CT molecular complexity index is 646. The maximum atomic E-state index is 6.11. The molecule has 1 aromatic rings. The highest BCUT2D eigenvalue weighted by Gasteiger charge is 2.32. The average molecular weight is 569 g/mol. The first kappa shape index (κ1) is 28.4. The molecule has 1 aromatic carbocycles. The lowest BCUT2D eigenvalue weighted by molar-refractivity contribution is -0.0971. The number of nitrogens with one attached hydrogen (secondary N) is 2. The zero-order valence-electron chi connectivity index (χ0n) is 19.2. The van der Waals surface area contributed by atoms with E-state index in [1.807, 2.05) is 12.1 Å². The summed E-state index contributed by atoms with van der Waals surface area (Å²) in [6.07, 6.45) is 0.905. The smallest absolute Gasteiger partial charge is 0.191 e. The van der Waals surface area contributed by atoms with Crippen molar-refractivity contribution < 1.29 is 14.2 Å². The quantitative estimate of drug-likeness (QED) is 0.185. The van der Waals surface area contributed by atoms with Gasteiger partial charge in [-0.15, -0.1) is 24.0 Å². The summed E-state index contributed by atoms with van der Waals surface area (Å²) in [6.45, 7) is 10.3. The third-order valence-electron chi connectivity index (χ3n) is 5.03. The van der Waals surface area contributed by atoms with Gasteiger partial charge >= 0.3 is 0 Å². The molecule has 0 amide bonds. The molecule has 1 aliphatic heterocycles. The molecule has 1 aliphatic rings. The number of benzene rings is 1. The highest BCUT2D eigenvalue weighted by molar-refractivity contribution is 14.0. The summed E-state index contributed by atoms with van der Waals surface area (Å²) in [6, 6.07) is 8.30. The third kappa shape index (κ3) is 10.7. The lowest BCUT2D eigenvalue weighted by Crippen LogP contribution is -2.52. The minimum Gasteiger partial charge on any atom is -0.382 e. The summed E-state index contributed by atoms with van der Waals surface area (Å²) in [5.41, 5.74) is 1.07. The molecular weight excluding hydrogens is 531 g/mol. The van der Waals surface area contributed by atoms with E-state index in [1.54, 1.807) is 14.2 Å². The van der Waals surface area contributed by atoms with Gasteiger partial charge in [0, 0.05) is 52.0 Å². The second kappa shape index (κ2) is 15.2. The van der Waals surface area contributed by atoms with E-state index in [1.165, 1.54) is 5.56 Å². The van der Waals surface area contributed by atoms with Crippen LogP contribution in [0.5, 0.6) is 0 Å².